The molecular formula is C17H14N2O4S. The standard InChI is InChI=1S/C17H14N2O4S/c20-19(21)17-7-3-4-13(10-17)12-24(22,23)18-16-9-8-14-5-1-2-6-15(14)11-16/h1-11,18H,12H2. The zero-order chi connectivity index (χ0) is 17.2. The Labute approximate surface area is 138 Å². The summed E-state index contributed by atoms with van der Waals surface area (Å²) in [5.41, 5.74) is 0.685. The molecule has 0 aromatic heterocycles. The molecule has 24 heavy (non-hydrogen) atoms. The third-order valence-corrected chi connectivity index (χ3v) is 4.76. The monoisotopic (exact) mass is 342 g/mol. The van der Waals surface area contributed by atoms with Gasteiger partial charge in [-0.3, -0.25) is 14.8 Å². The molecule has 0 aliphatic heterocycles. The van der Waals surface area contributed by atoms with Crippen LogP contribution in [0.15, 0.2) is 66.7 Å². The Morgan fingerprint density at radius 3 is 2.42 bits per heavy atom. The maximum absolute atomic E-state index is 12.3. The van der Waals surface area contributed by atoms with Gasteiger partial charge in [-0.25, -0.2) is 8.42 Å². The number of fused-ring (bicyclic) bond motifs is 1. The van der Waals surface area contributed by atoms with Gasteiger partial charge in [0, 0.05) is 17.8 Å². The first-order chi connectivity index (χ1) is 11.4. The van der Waals surface area contributed by atoms with Crippen molar-refractivity contribution in [3.63, 3.8) is 0 Å². The minimum Gasteiger partial charge on any atom is -0.283 e. The van der Waals surface area contributed by atoms with E-state index in [1.165, 1.54) is 18.2 Å². The zero-order valence-corrected chi connectivity index (χ0v) is 13.4. The molecule has 1 N–H and O–H groups in total. The van der Waals surface area contributed by atoms with Gasteiger partial charge >= 0.3 is 0 Å². The summed E-state index contributed by atoms with van der Waals surface area (Å²) in [5, 5.41) is 12.7. The zero-order valence-electron chi connectivity index (χ0n) is 12.5. The van der Waals surface area contributed by atoms with Crippen LogP contribution in [0.4, 0.5) is 11.4 Å². The molecular weight excluding hydrogens is 328 g/mol. The van der Waals surface area contributed by atoms with Crippen LogP contribution in [-0.2, 0) is 15.8 Å². The van der Waals surface area contributed by atoms with Crippen LogP contribution >= 0.6 is 0 Å². The van der Waals surface area contributed by atoms with Crippen LogP contribution in [0.3, 0.4) is 0 Å². The number of nitrogens with one attached hydrogen (secondary N) is 1. The summed E-state index contributed by atoms with van der Waals surface area (Å²) in [6.07, 6.45) is 0. The summed E-state index contributed by atoms with van der Waals surface area (Å²) < 4.78 is 27.1. The minimum atomic E-state index is -3.67. The molecule has 0 saturated heterocycles. The first-order valence-corrected chi connectivity index (χ1v) is 8.81. The lowest BCUT2D eigenvalue weighted by Crippen LogP contribution is -2.15. The van der Waals surface area contributed by atoms with Crippen LogP contribution in [0.1, 0.15) is 5.56 Å². The molecule has 6 nitrogen and oxygen atoms in total. The van der Waals surface area contributed by atoms with Crippen LogP contribution < -0.4 is 4.72 Å². The number of hydrogen-bond acceptors (Lipinski definition) is 4. The van der Waals surface area contributed by atoms with Crippen LogP contribution in [0, 0.1) is 10.1 Å². The van der Waals surface area contributed by atoms with Crippen molar-refractivity contribution in [2.45, 2.75) is 5.75 Å². The first kappa shape index (κ1) is 15.9. The lowest BCUT2D eigenvalue weighted by Gasteiger charge is -2.09. The average Bonchev–Trinajstić information content (AvgIpc) is 2.54. The molecule has 7 heteroatoms. The fourth-order valence-electron chi connectivity index (χ4n) is 2.45. The first-order valence-electron chi connectivity index (χ1n) is 7.16. The molecule has 0 aliphatic rings. The molecule has 0 unspecified atom stereocenters. The lowest BCUT2D eigenvalue weighted by atomic mass is 10.1. The van der Waals surface area contributed by atoms with Gasteiger partial charge in [0.15, 0.2) is 0 Å². The number of nitro benzene ring substituents is 1. The van der Waals surface area contributed by atoms with Gasteiger partial charge in [0.25, 0.3) is 5.69 Å². The molecule has 0 radical (unpaired) electrons. The van der Waals surface area contributed by atoms with E-state index >= 15 is 0 Å². The van der Waals surface area contributed by atoms with Crippen molar-refractivity contribution in [2.75, 3.05) is 4.72 Å². The van der Waals surface area contributed by atoms with Crippen molar-refractivity contribution in [1.29, 1.82) is 0 Å². The summed E-state index contributed by atoms with van der Waals surface area (Å²) in [5.74, 6) is -0.332. The molecule has 3 rings (SSSR count). The largest absolute Gasteiger partial charge is 0.283 e. The van der Waals surface area contributed by atoms with Gasteiger partial charge in [-0.1, -0.05) is 42.5 Å². The van der Waals surface area contributed by atoms with Crippen LogP contribution in [-0.4, -0.2) is 13.3 Å². The van der Waals surface area contributed by atoms with E-state index in [0.717, 1.165) is 10.8 Å². The number of rotatable bonds is 5. The van der Waals surface area contributed by atoms with E-state index in [1.807, 2.05) is 30.3 Å². The fourth-order valence-corrected chi connectivity index (χ4v) is 3.62. The van der Waals surface area contributed by atoms with Crippen LogP contribution in [0.25, 0.3) is 10.8 Å². The average molecular weight is 342 g/mol. The smallest absolute Gasteiger partial charge is 0.269 e. The Balaban J connectivity index is 1.82. The molecule has 0 spiro atoms. The van der Waals surface area contributed by atoms with Crippen LogP contribution in [0.2, 0.25) is 0 Å². The molecule has 3 aromatic carbocycles. The van der Waals surface area contributed by atoms with Gasteiger partial charge < -0.3 is 0 Å². The summed E-state index contributed by atoms with van der Waals surface area (Å²) >= 11 is 0. The Morgan fingerprint density at radius 1 is 0.917 bits per heavy atom. The number of nitrogens with zero attached hydrogens (tertiary/aromatic N) is 1. The number of nitro groups is 1. The lowest BCUT2D eigenvalue weighted by molar-refractivity contribution is -0.384. The van der Waals surface area contributed by atoms with Crippen molar-refractivity contribution in [2.24, 2.45) is 0 Å². The predicted molar refractivity (Wildman–Crippen MR) is 93.3 cm³/mol. The second-order valence-corrected chi connectivity index (χ2v) is 7.07. The number of sulfonamides is 1. The van der Waals surface area contributed by atoms with Gasteiger partial charge in [-0.2, -0.15) is 0 Å². The second-order valence-electron chi connectivity index (χ2n) is 5.35. The number of non-ortho nitro benzene ring substituents is 1. The Kier molecular flexibility index (Phi) is 4.18. The van der Waals surface area contributed by atoms with Crippen molar-refractivity contribution < 1.29 is 13.3 Å². The summed E-state index contributed by atoms with van der Waals surface area (Å²) in [7, 11) is -3.67. The fraction of sp³-hybridized carbons (Fsp3) is 0.0588. The van der Waals surface area contributed by atoms with Crippen LogP contribution in [0.5, 0.6) is 0 Å². The molecule has 0 amide bonds. The molecule has 0 bridgehead atoms. The summed E-state index contributed by atoms with van der Waals surface area (Å²) in [4.78, 5) is 10.2. The van der Waals surface area contributed by atoms with Crippen molar-refractivity contribution in [3.8, 4) is 0 Å². The number of anilines is 1. The summed E-state index contributed by atoms with van der Waals surface area (Å²) in [6.45, 7) is 0. The summed E-state index contributed by atoms with van der Waals surface area (Å²) in [6, 6.07) is 18.5. The SMILES string of the molecule is O=[N+]([O-])c1cccc(CS(=O)(=O)Nc2ccc3ccccc3c2)c1. The van der Waals surface area contributed by atoms with E-state index in [2.05, 4.69) is 4.72 Å². The van der Waals surface area contributed by atoms with E-state index in [4.69, 9.17) is 0 Å². The molecule has 122 valence electrons. The number of hydrogen-bond donors (Lipinski definition) is 1. The normalized spacial score (nSPS) is 11.3. The number of benzene rings is 3. The van der Waals surface area contributed by atoms with E-state index < -0.39 is 14.9 Å². The van der Waals surface area contributed by atoms with E-state index in [0.29, 0.717) is 11.3 Å². The van der Waals surface area contributed by atoms with Gasteiger partial charge in [0.05, 0.1) is 10.7 Å². The molecule has 0 aliphatic carbocycles. The molecule has 0 fully saturated rings. The topological polar surface area (TPSA) is 89.3 Å². The second kappa shape index (κ2) is 6.29. The van der Waals surface area contributed by atoms with Gasteiger partial charge in [-0.05, 0) is 28.5 Å². The third-order valence-electron chi connectivity index (χ3n) is 3.50. The Bertz CT molecular complexity index is 1020. The Morgan fingerprint density at radius 2 is 1.67 bits per heavy atom. The van der Waals surface area contributed by atoms with Crippen molar-refractivity contribution in [1.82, 2.24) is 0 Å². The predicted octanol–water partition coefficient (Wildman–Crippen LogP) is 3.69. The maximum atomic E-state index is 12.3. The van der Waals surface area contributed by atoms with E-state index in [-0.39, 0.29) is 11.4 Å². The highest BCUT2D eigenvalue weighted by molar-refractivity contribution is 7.91. The minimum absolute atomic E-state index is 0.131. The third kappa shape index (κ3) is 3.69. The van der Waals surface area contributed by atoms with E-state index in [1.54, 1.807) is 18.2 Å². The molecule has 0 heterocycles. The molecule has 3 aromatic rings. The van der Waals surface area contributed by atoms with Crippen molar-refractivity contribution >= 4 is 32.2 Å². The van der Waals surface area contributed by atoms with Gasteiger partial charge in [0.2, 0.25) is 10.0 Å². The quantitative estimate of drug-likeness (QED) is 0.565. The highest BCUT2D eigenvalue weighted by Gasteiger charge is 2.14. The van der Waals surface area contributed by atoms with Gasteiger partial charge in [-0.15, -0.1) is 0 Å². The molecule has 0 saturated carbocycles. The van der Waals surface area contributed by atoms with Gasteiger partial charge in [0.1, 0.15) is 0 Å². The molecule has 0 atom stereocenters. The highest BCUT2D eigenvalue weighted by atomic mass is 32.2. The van der Waals surface area contributed by atoms with E-state index in [9.17, 15) is 18.5 Å². The van der Waals surface area contributed by atoms with Crippen molar-refractivity contribution in [3.05, 3.63) is 82.4 Å². The highest BCUT2D eigenvalue weighted by Crippen LogP contribution is 2.21. The maximum Gasteiger partial charge on any atom is 0.269 e. The Hall–Kier alpha value is -2.93.